The first-order valence-electron chi connectivity index (χ1n) is 4.17. The highest BCUT2D eigenvalue weighted by Gasteiger charge is 2.03. The molecule has 0 aromatic heterocycles. The van der Waals surface area contributed by atoms with Gasteiger partial charge in [-0.3, -0.25) is 0 Å². The highest BCUT2D eigenvalue weighted by atomic mass is 14.7. The Labute approximate surface area is 73.6 Å². The summed E-state index contributed by atoms with van der Waals surface area (Å²) in [5, 5.41) is 0. The minimum atomic E-state index is -0.0244. The van der Waals surface area contributed by atoms with Crippen molar-refractivity contribution in [3.63, 3.8) is 0 Å². The molecule has 12 heavy (non-hydrogen) atoms. The van der Waals surface area contributed by atoms with Gasteiger partial charge >= 0.3 is 0 Å². The van der Waals surface area contributed by atoms with Gasteiger partial charge in [0.05, 0.1) is 0 Å². The number of benzene rings is 1. The van der Waals surface area contributed by atoms with E-state index in [1.807, 2.05) is 0 Å². The molecule has 1 rings (SSSR count). The lowest BCUT2D eigenvalue weighted by atomic mass is 10.0. The Bertz CT molecular complexity index is 248. The molecule has 66 valence electrons. The van der Waals surface area contributed by atoms with Gasteiger partial charge in [0, 0.05) is 12.6 Å². The third-order valence-electron chi connectivity index (χ3n) is 1.93. The first-order chi connectivity index (χ1) is 5.63. The molecule has 0 aliphatic carbocycles. The van der Waals surface area contributed by atoms with E-state index >= 15 is 0 Å². The summed E-state index contributed by atoms with van der Waals surface area (Å²) in [5.74, 6) is 0. The molecule has 0 fully saturated rings. The summed E-state index contributed by atoms with van der Waals surface area (Å²) < 4.78 is 0. The van der Waals surface area contributed by atoms with Gasteiger partial charge in [0.25, 0.3) is 0 Å². The zero-order valence-electron chi connectivity index (χ0n) is 7.67. The molecular weight excluding hydrogens is 148 g/mol. The van der Waals surface area contributed by atoms with Crippen LogP contribution < -0.4 is 11.5 Å². The van der Waals surface area contributed by atoms with Crippen LogP contribution in [0.1, 0.15) is 22.7 Å². The number of aryl methyl sites for hydroxylation is 2. The second-order valence-corrected chi connectivity index (χ2v) is 3.26. The number of hydrogen-bond acceptors (Lipinski definition) is 2. The lowest BCUT2D eigenvalue weighted by Crippen LogP contribution is -2.20. The summed E-state index contributed by atoms with van der Waals surface area (Å²) in [6.07, 6.45) is 0. The van der Waals surface area contributed by atoms with Gasteiger partial charge < -0.3 is 11.5 Å². The van der Waals surface area contributed by atoms with E-state index in [4.69, 9.17) is 11.5 Å². The lowest BCUT2D eigenvalue weighted by Gasteiger charge is -2.10. The molecule has 0 amide bonds. The van der Waals surface area contributed by atoms with Crippen LogP contribution in [-0.2, 0) is 0 Å². The summed E-state index contributed by atoms with van der Waals surface area (Å²) in [4.78, 5) is 0. The van der Waals surface area contributed by atoms with Gasteiger partial charge in [0.15, 0.2) is 0 Å². The minimum absolute atomic E-state index is 0.0244. The first kappa shape index (κ1) is 9.23. The third kappa shape index (κ3) is 2.06. The second kappa shape index (κ2) is 3.70. The zero-order valence-corrected chi connectivity index (χ0v) is 7.67. The van der Waals surface area contributed by atoms with Crippen molar-refractivity contribution in [2.24, 2.45) is 11.5 Å². The molecular formula is C10H16N2. The second-order valence-electron chi connectivity index (χ2n) is 3.26. The Morgan fingerprint density at radius 2 is 1.67 bits per heavy atom. The van der Waals surface area contributed by atoms with Crippen molar-refractivity contribution < 1.29 is 0 Å². The fourth-order valence-electron chi connectivity index (χ4n) is 1.36. The van der Waals surface area contributed by atoms with Crippen LogP contribution in [0.25, 0.3) is 0 Å². The maximum Gasteiger partial charge on any atom is 0.0419 e. The minimum Gasteiger partial charge on any atom is -0.329 e. The van der Waals surface area contributed by atoms with E-state index in [2.05, 4.69) is 32.0 Å². The van der Waals surface area contributed by atoms with Crippen molar-refractivity contribution in [1.29, 1.82) is 0 Å². The van der Waals surface area contributed by atoms with Crippen molar-refractivity contribution in [1.82, 2.24) is 0 Å². The van der Waals surface area contributed by atoms with Crippen molar-refractivity contribution in [3.8, 4) is 0 Å². The Balaban J connectivity index is 3.00. The van der Waals surface area contributed by atoms with Crippen molar-refractivity contribution in [2.75, 3.05) is 6.54 Å². The van der Waals surface area contributed by atoms with Gasteiger partial charge in [-0.05, 0) is 19.4 Å². The highest BCUT2D eigenvalue weighted by molar-refractivity contribution is 5.30. The maximum atomic E-state index is 5.81. The standard InChI is InChI=1S/C10H16N2/c1-7-3-8(2)5-9(4-7)10(12)6-11/h3-5,10H,6,11-12H2,1-2H3. The van der Waals surface area contributed by atoms with Crippen molar-refractivity contribution >= 4 is 0 Å². The molecule has 0 saturated carbocycles. The Hall–Kier alpha value is -0.860. The Kier molecular flexibility index (Phi) is 2.84. The van der Waals surface area contributed by atoms with Crippen molar-refractivity contribution in [3.05, 3.63) is 34.9 Å². The van der Waals surface area contributed by atoms with Crippen LogP contribution in [0.2, 0.25) is 0 Å². The molecule has 4 N–H and O–H groups in total. The lowest BCUT2D eigenvalue weighted by molar-refractivity contribution is 0.735. The molecule has 1 atom stereocenters. The van der Waals surface area contributed by atoms with Crippen LogP contribution in [0, 0.1) is 13.8 Å². The summed E-state index contributed by atoms with van der Waals surface area (Å²) >= 11 is 0. The molecule has 0 saturated heterocycles. The van der Waals surface area contributed by atoms with Gasteiger partial charge in [-0.15, -0.1) is 0 Å². The molecule has 0 radical (unpaired) electrons. The summed E-state index contributed by atoms with van der Waals surface area (Å²) in [6, 6.07) is 6.28. The van der Waals surface area contributed by atoms with E-state index in [1.54, 1.807) is 0 Å². The van der Waals surface area contributed by atoms with Crippen LogP contribution >= 0.6 is 0 Å². The molecule has 0 heterocycles. The monoisotopic (exact) mass is 164 g/mol. The predicted molar refractivity (Wildman–Crippen MR) is 51.9 cm³/mol. The van der Waals surface area contributed by atoms with Crippen LogP contribution in [0.5, 0.6) is 0 Å². The first-order valence-corrected chi connectivity index (χ1v) is 4.17. The van der Waals surface area contributed by atoms with Gasteiger partial charge in [-0.2, -0.15) is 0 Å². The SMILES string of the molecule is Cc1cc(C)cc(C(N)CN)c1. The largest absolute Gasteiger partial charge is 0.329 e. The summed E-state index contributed by atoms with van der Waals surface area (Å²) in [7, 11) is 0. The van der Waals surface area contributed by atoms with Crippen molar-refractivity contribution in [2.45, 2.75) is 19.9 Å². The molecule has 0 spiro atoms. The Morgan fingerprint density at radius 1 is 1.17 bits per heavy atom. The number of hydrogen-bond donors (Lipinski definition) is 2. The van der Waals surface area contributed by atoms with E-state index in [0.717, 1.165) is 5.56 Å². The summed E-state index contributed by atoms with van der Waals surface area (Å²) in [5.41, 5.74) is 14.9. The molecule has 0 aliphatic rings. The number of nitrogens with two attached hydrogens (primary N) is 2. The quantitative estimate of drug-likeness (QED) is 0.691. The normalized spacial score (nSPS) is 13.0. The molecule has 2 heteroatoms. The van der Waals surface area contributed by atoms with Crippen LogP contribution in [-0.4, -0.2) is 6.54 Å². The van der Waals surface area contributed by atoms with Gasteiger partial charge in [0.1, 0.15) is 0 Å². The summed E-state index contributed by atoms with van der Waals surface area (Å²) in [6.45, 7) is 4.64. The van der Waals surface area contributed by atoms with E-state index in [0.29, 0.717) is 6.54 Å². The predicted octanol–water partition coefficient (Wildman–Crippen LogP) is 1.26. The van der Waals surface area contributed by atoms with Crippen LogP contribution in [0.3, 0.4) is 0 Å². The smallest absolute Gasteiger partial charge is 0.0419 e. The molecule has 0 bridgehead atoms. The van der Waals surface area contributed by atoms with Gasteiger partial charge in [0.2, 0.25) is 0 Å². The molecule has 1 aromatic carbocycles. The fraction of sp³-hybridized carbons (Fsp3) is 0.400. The maximum absolute atomic E-state index is 5.81. The van der Waals surface area contributed by atoms with Gasteiger partial charge in [-0.25, -0.2) is 0 Å². The average molecular weight is 164 g/mol. The van der Waals surface area contributed by atoms with Crippen LogP contribution in [0.4, 0.5) is 0 Å². The number of rotatable bonds is 2. The van der Waals surface area contributed by atoms with Gasteiger partial charge in [-0.1, -0.05) is 29.3 Å². The highest BCUT2D eigenvalue weighted by Crippen LogP contribution is 2.13. The van der Waals surface area contributed by atoms with E-state index in [9.17, 15) is 0 Å². The van der Waals surface area contributed by atoms with E-state index in [1.165, 1.54) is 11.1 Å². The molecule has 2 nitrogen and oxygen atoms in total. The third-order valence-corrected chi connectivity index (χ3v) is 1.93. The Morgan fingerprint density at radius 3 is 2.08 bits per heavy atom. The van der Waals surface area contributed by atoms with E-state index in [-0.39, 0.29) is 6.04 Å². The molecule has 0 aliphatic heterocycles. The van der Waals surface area contributed by atoms with Crippen LogP contribution in [0.15, 0.2) is 18.2 Å². The topological polar surface area (TPSA) is 52.0 Å². The molecule has 1 aromatic rings. The fourth-order valence-corrected chi connectivity index (χ4v) is 1.36. The average Bonchev–Trinajstić information content (AvgIpc) is 2.01. The zero-order chi connectivity index (χ0) is 9.14. The van der Waals surface area contributed by atoms with E-state index < -0.39 is 0 Å². The molecule has 1 unspecified atom stereocenters.